The van der Waals surface area contributed by atoms with Gasteiger partial charge in [0.25, 0.3) is 0 Å². The van der Waals surface area contributed by atoms with Crippen molar-refractivity contribution < 1.29 is 164 Å². The van der Waals surface area contributed by atoms with Gasteiger partial charge in [0.05, 0.1) is 65.6 Å². The number of rotatable bonds is 67. The van der Waals surface area contributed by atoms with Crippen LogP contribution in [0.25, 0.3) is 0 Å². The van der Waals surface area contributed by atoms with E-state index in [1.165, 1.54) is 35.5 Å². The number of aliphatic hydroxyl groups excluding tert-OH is 10. The van der Waals surface area contributed by atoms with Gasteiger partial charge in [-0.1, -0.05) is 45.4 Å². The molecule has 19 atom stereocenters. The Morgan fingerprint density at radius 3 is 0.884 bits per heavy atom. The Balaban J connectivity index is 1.20. The van der Waals surface area contributed by atoms with Crippen molar-refractivity contribution in [1.82, 2.24) is 46.6 Å². The lowest BCUT2D eigenvalue weighted by Crippen LogP contribution is -2.64. The van der Waals surface area contributed by atoms with E-state index in [4.69, 9.17) is 51.3 Å². The first-order valence-corrected chi connectivity index (χ1v) is 45.4. The van der Waals surface area contributed by atoms with E-state index in [9.17, 15) is 113 Å². The van der Waals surface area contributed by atoms with E-state index < -0.39 is 184 Å². The van der Waals surface area contributed by atoms with Crippen molar-refractivity contribution in [3.05, 3.63) is 0 Å². The molecule has 0 aromatic rings. The van der Waals surface area contributed by atoms with Crippen LogP contribution in [-0.2, 0) is 104 Å². The molecule has 45 heteroatoms. The maximum atomic E-state index is 13.8. The van der Waals surface area contributed by atoms with Crippen molar-refractivity contribution >= 4 is 68.8 Å². The summed E-state index contributed by atoms with van der Waals surface area (Å²) < 4.78 is 87.2. The van der Waals surface area contributed by atoms with Crippen LogP contribution in [0.4, 0.5) is 0 Å². The molecule has 43 nitrogen and oxygen atoms in total. The number of unbranched alkanes of at least 4 members (excludes halogenated alkanes) is 12. The lowest BCUT2D eigenvalue weighted by atomic mass is 9.97. The topological polar surface area (TPSA) is 614 Å². The van der Waals surface area contributed by atoms with Crippen LogP contribution < -0.4 is 31.9 Å². The van der Waals surface area contributed by atoms with Gasteiger partial charge in [-0.3, -0.25) is 61.2 Å². The molecule has 702 valence electrons. The summed E-state index contributed by atoms with van der Waals surface area (Å²) >= 11 is 0. The van der Waals surface area contributed by atoms with Gasteiger partial charge < -0.3 is 141 Å². The molecule has 3 heterocycles. The minimum absolute atomic E-state index is 0.0536. The van der Waals surface area contributed by atoms with Crippen molar-refractivity contribution in [1.29, 1.82) is 0 Å². The van der Waals surface area contributed by atoms with Crippen LogP contribution in [0.3, 0.4) is 0 Å². The van der Waals surface area contributed by atoms with Crippen molar-refractivity contribution in [2.45, 2.75) is 286 Å². The Morgan fingerprint density at radius 1 is 0.355 bits per heavy atom. The molecule has 9 amide bonds. The third-order valence-corrected chi connectivity index (χ3v) is 22.6. The zero-order valence-electron chi connectivity index (χ0n) is 70.4. The van der Waals surface area contributed by atoms with Gasteiger partial charge in [-0.2, -0.15) is 0 Å². The average molecular weight is 1780 g/mol. The molecule has 3 saturated heterocycles. The lowest BCUT2D eigenvalue weighted by molar-refractivity contribution is -0.270. The molecule has 1 aliphatic carbocycles. The lowest BCUT2D eigenvalue weighted by Gasteiger charge is -2.42. The SMILES string of the molecule is CC(=O)NC1C(OCCCCCC(=O)NCCCCCC(=O)N(CCO)CCOP(=O)(O)OCCN(CCOP(=O)(O)OCCN(CCOC2CC2C)C(=O)CCCCCNC(=O)CCCCCOC2OC(CO)C(O)C(O)C2NC(C)=O)C(=O)CCCCCNC(=O)CCCCCOC2OC(CO)C(O)C(O)C2NC(C)=O)OC(CO)C(O)C1O. The van der Waals surface area contributed by atoms with E-state index in [-0.39, 0.29) is 146 Å². The Morgan fingerprint density at radius 2 is 0.620 bits per heavy atom. The third kappa shape index (κ3) is 44.2. The molecule has 19 unspecified atom stereocenters. The number of phosphoric acid groups is 2. The van der Waals surface area contributed by atoms with Gasteiger partial charge in [0.1, 0.15) is 73.1 Å². The summed E-state index contributed by atoms with van der Waals surface area (Å²) in [5.41, 5.74) is 0. The van der Waals surface area contributed by atoms with Gasteiger partial charge in [-0.05, 0) is 89.4 Å². The van der Waals surface area contributed by atoms with Crippen LogP contribution in [-0.4, -0.2) is 365 Å². The molecule has 121 heavy (non-hydrogen) atoms. The molecule has 3 aliphatic heterocycles. The van der Waals surface area contributed by atoms with Gasteiger partial charge in [0, 0.05) is 138 Å². The Kier molecular flexibility index (Phi) is 54.0. The minimum Gasteiger partial charge on any atom is -0.395 e. The second kappa shape index (κ2) is 60.4. The number of nitrogens with one attached hydrogen (secondary N) is 6. The summed E-state index contributed by atoms with van der Waals surface area (Å²) in [5, 5.41) is 117. The number of phosphoric ester groups is 2. The highest BCUT2D eigenvalue weighted by Gasteiger charge is 2.48. The molecule has 0 aromatic carbocycles. The smallest absolute Gasteiger partial charge is 0.395 e. The summed E-state index contributed by atoms with van der Waals surface area (Å²) in [5.74, 6) is -2.78. The molecule has 4 fully saturated rings. The van der Waals surface area contributed by atoms with Gasteiger partial charge in [0.15, 0.2) is 18.9 Å². The molecular formula is C76H139N9O34P2. The summed E-state index contributed by atoms with van der Waals surface area (Å²) in [6.45, 7) is 2.18. The molecule has 0 spiro atoms. The first-order valence-electron chi connectivity index (χ1n) is 42.4. The predicted molar refractivity (Wildman–Crippen MR) is 428 cm³/mol. The fourth-order valence-electron chi connectivity index (χ4n) is 13.5. The fraction of sp³-hybridized carbons (Fsp3) is 0.882. The molecular weight excluding hydrogens is 1640 g/mol. The van der Waals surface area contributed by atoms with Crippen molar-refractivity contribution in [2.24, 2.45) is 5.92 Å². The van der Waals surface area contributed by atoms with Crippen LogP contribution in [0.1, 0.15) is 188 Å². The number of hydrogen-bond acceptors (Lipinski definition) is 32. The van der Waals surface area contributed by atoms with Crippen molar-refractivity contribution in [2.75, 3.05) is 138 Å². The number of hydrogen-bond donors (Lipinski definition) is 18. The molecule has 0 radical (unpaired) electrons. The summed E-state index contributed by atoms with van der Waals surface area (Å²) in [6.07, 6.45) is -4.42. The summed E-state index contributed by atoms with van der Waals surface area (Å²) in [6, 6.07) is -3.21. The van der Waals surface area contributed by atoms with Gasteiger partial charge in [0.2, 0.25) is 53.2 Å². The van der Waals surface area contributed by atoms with Gasteiger partial charge in [-0.15, -0.1) is 0 Å². The molecule has 4 aliphatic rings. The number of carbonyl (C=O) groups is 9. The van der Waals surface area contributed by atoms with E-state index >= 15 is 0 Å². The number of ether oxygens (including phenoxy) is 7. The Bertz CT molecular complexity index is 3110. The Hall–Kier alpha value is -5.23. The number of nitrogens with zero attached hydrogens (tertiary/aromatic N) is 3. The van der Waals surface area contributed by atoms with E-state index in [0.29, 0.717) is 135 Å². The standard InChI is InChI=1S/C76H139N9O34P2/c1-51-47-55(51)109-42-33-84(63(97)27-15-6-18-30-78-60(94)24-12-9-21-40-111-75-66(81-53(3)91)72(103)69(100)57(49-88)118-75)35-44-114-121(107,108)116-46-37-85(64(98)28-16-7-19-31-79-61(95)25-13-10-22-41-112-76-67(82-54(4)92)73(104)70(101)58(50-89)119-76)36-45-115-120(105,106)113-43-34-83(32-38-86)62(96)26-14-5-17-29-77-59(93)23-11-8-20-39-110-74-65(80-52(2)90)71(102)68(99)56(48-87)117-74/h51,55-58,65-76,86-89,99-104H,5-50H2,1-4H3,(H,77,93)(H,78,94)(H,79,95)(H,80,90)(H,81,91)(H,82,92)(H,105,106)(H,107,108). The van der Waals surface area contributed by atoms with Crippen LogP contribution in [0.2, 0.25) is 0 Å². The predicted octanol–water partition coefficient (Wildman–Crippen LogP) is -2.25. The van der Waals surface area contributed by atoms with Crippen LogP contribution in [0, 0.1) is 5.92 Å². The average Bonchev–Trinajstić information content (AvgIpc) is 1.81. The first kappa shape index (κ1) is 108. The summed E-state index contributed by atoms with van der Waals surface area (Å²) in [7, 11) is -9.70. The second-order valence-corrected chi connectivity index (χ2v) is 33.5. The fourth-order valence-corrected chi connectivity index (χ4v) is 14.9. The maximum absolute atomic E-state index is 13.8. The summed E-state index contributed by atoms with van der Waals surface area (Å²) in [4.78, 5) is 139. The third-order valence-electron chi connectivity index (χ3n) is 20.5. The van der Waals surface area contributed by atoms with Crippen molar-refractivity contribution in [3.8, 4) is 0 Å². The highest BCUT2D eigenvalue weighted by Crippen LogP contribution is 2.44. The maximum Gasteiger partial charge on any atom is 0.472 e. The molecule has 4 rings (SSSR count). The van der Waals surface area contributed by atoms with E-state index in [2.05, 4.69) is 31.9 Å². The minimum atomic E-state index is -4.86. The van der Waals surface area contributed by atoms with Gasteiger partial charge in [-0.25, -0.2) is 9.13 Å². The largest absolute Gasteiger partial charge is 0.472 e. The molecule has 0 bridgehead atoms. The molecule has 0 aromatic heterocycles. The van der Waals surface area contributed by atoms with Crippen LogP contribution in [0.15, 0.2) is 0 Å². The number of carbonyl (C=O) groups excluding carboxylic acids is 9. The van der Waals surface area contributed by atoms with Crippen LogP contribution >= 0.6 is 15.6 Å². The van der Waals surface area contributed by atoms with Crippen molar-refractivity contribution in [3.63, 3.8) is 0 Å². The van der Waals surface area contributed by atoms with E-state index in [1.54, 1.807) is 0 Å². The zero-order chi connectivity index (χ0) is 89.3. The Labute approximate surface area is 707 Å². The van der Waals surface area contributed by atoms with Gasteiger partial charge >= 0.3 is 15.6 Å². The second-order valence-electron chi connectivity index (χ2n) is 30.6. The highest BCUT2D eigenvalue weighted by atomic mass is 31.2. The zero-order valence-corrected chi connectivity index (χ0v) is 72.2. The molecule has 1 saturated carbocycles. The highest BCUT2D eigenvalue weighted by molar-refractivity contribution is 7.47. The monoisotopic (exact) mass is 1780 g/mol. The molecule has 18 N–H and O–H groups in total. The van der Waals surface area contributed by atoms with E-state index in [1.807, 2.05) is 6.92 Å². The normalized spacial score (nSPS) is 25.6. The first-order chi connectivity index (χ1) is 57.7. The quantitative estimate of drug-likeness (QED) is 0.0226. The number of aliphatic hydroxyl groups is 10. The van der Waals surface area contributed by atoms with E-state index in [0.717, 1.165) is 6.42 Å². The van der Waals surface area contributed by atoms with Crippen LogP contribution in [0.5, 0.6) is 0 Å². The number of amides is 9.